The third-order valence-corrected chi connectivity index (χ3v) is 4.31. The van der Waals surface area contributed by atoms with E-state index in [1.165, 1.54) is 23.8 Å². The Morgan fingerprint density at radius 1 is 1.39 bits per heavy atom. The molecule has 6 nitrogen and oxygen atoms in total. The van der Waals surface area contributed by atoms with E-state index in [-0.39, 0.29) is 18.6 Å². The Hall–Kier alpha value is -2.41. The molecule has 7 heteroatoms. The van der Waals surface area contributed by atoms with Gasteiger partial charge in [-0.25, -0.2) is 4.98 Å². The van der Waals surface area contributed by atoms with Crippen molar-refractivity contribution in [2.45, 2.75) is 25.8 Å². The topological polar surface area (TPSA) is 94.3 Å². The predicted octanol–water partition coefficient (Wildman–Crippen LogP) is 1.86. The number of nitrogens with two attached hydrogens (primary N) is 1. The van der Waals surface area contributed by atoms with Gasteiger partial charge < -0.3 is 15.8 Å². The van der Waals surface area contributed by atoms with E-state index >= 15 is 0 Å². The molecule has 0 aliphatic heterocycles. The van der Waals surface area contributed by atoms with Gasteiger partial charge in [0.05, 0.1) is 22.1 Å². The summed E-state index contributed by atoms with van der Waals surface area (Å²) in [4.78, 5) is 27.1. The molecule has 122 valence electrons. The Labute approximate surface area is 138 Å². The Bertz CT molecular complexity index is 655. The Morgan fingerprint density at radius 3 is 2.78 bits per heavy atom. The first kappa shape index (κ1) is 17.0. The number of aryl methyl sites for hydroxylation is 2. The van der Waals surface area contributed by atoms with Crippen molar-refractivity contribution in [2.24, 2.45) is 0 Å². The van der Waals surface area contributed by atoms with E-state index in [1.807, 2.05) is 24.3 Å². The van der Waals surface area contributed by atoms with Crippen molar-refractivity contribution < 1.29 is 14.3 Å². The van der Waals surface area contributed by atoms with Crippen LogP contribution in [0.1, 0.15) is 29.1 Å². The van der Waals surface area contributed by atoms with Crippen LogP contribution in [0.5, 0.6) is 0 Å². The number of nitrogens with one attached hydrogen (secondary N) is 1. The van der Waals surface area contributed by atoms with Crippen molar-refractivity contribution >= 4 is 29.4 Å². The van der Waals surface area contributed by atoms with Crippen LogP contribution in [0, 0.1) is 0 Å². The van der Waals surface area contributed by atoms with Gasteiger partial charge in [0.15, 0.2) is 0 Å². The first-order valence-electron chi connectivity index (χ1n) is 7.19. The van der Waals surface area contributed by atoms with Crippen LogP contribution in [0.25, 0.3) is 0 Å². The first-order valence-corrected chi connectivity index (χ1v) is 8.07. The zero-order valence-corrected chi connectivity index (χ0v) is 13.6. The number of carbonyl (C=O) groups excluding carboxylic acids is 2. The van der Waals surface area contributed by atoms with Crippen LogP contribution in [-0.2, 0) is 27.2 Å². The van der Waals surface area contributed by atoms with Gasteiger partial charge in [-0.15, -0.1) is 11.3 Å². The summed E-state index contributed by atoms with van der Waals surface area (Å²) < 4.78 is 4.82. The minimum atomic E-state index is -0.369. The zero-order chi connectivity index (χ0) is 16.7. The van der Waals surface area contributed by atoms with Crippen molar-refractivity contribution in [2.75, 3.05) is 12.3 Å². The molecule has 1 amide bonds. The minimum Gasteiger partial charge on any atom is -0.465 e. The molecule has 2 aromatic rings. The number of nitrogen functional groups attached to an aromatic ring is 1. The number of aromatic nitrogens is 1. The molecule has 1 atom stereocenters. The van der Waals surface area contributed by atoms with Gasteiger partial charge in [0.2, 0.25) is 5.91 Å². The maximum Gasteiger partial charge on any atom is 0.293 e. The van der Waals surface area contributed by atoms with E-state index in [0.29, 0.717) is 6.47 Å². The molecule has 0 spiro atoms. The molecule has 0 radical (unpaired) electrons. The van der Waals surface area contributed by atoms with Crippen LogP contribution in [0.2, 0.25) is 0 Å². The van der Waals surface area contributed by atoms with Crippen LogP contribution in [-0.4, -0.2) is 24.0 Å². The number of amides is 1. The number of hydrogen-bond acceptors (Lipinski definition) is 6. The fourth-order valence-corrected chi connectivity index (χ4v) is 3.14. The molecule has 0 saturated carbocycles. The zero-order valence-electron chi connectivity index (χ0n) is 12.8. The van der Waals surface area contributed by atoms with E-state index in [4.69, 9.17) is 10.5 Å². The molecular weight excluding hydrogens is 314 g/mol. The number of rotatable bonds is 8. The lowest BCUT2D eigenvalue weighted by molar-refractivity contribution is -0.130. The highest BCUT2D eigenvalue weighted by Gasteiger charge is 2.19. The lowest BCUT2D eigenvalue weighted by Crippen LogP contribution is -2.29. The maximum atomic E-state index is 11.4. The number of ether oxygens (including phenoxy) is 1. The minimum absolute atomic E-state index is 0.0974. The van der Waals surface area contributed by atoms with Crippen LogP contribution < -0.4 is 11.1 Å². The summed E-state index contributed by atoms with van der Waals surface area (Å²) in [6.45, 7) is 1.91. The Morgan fingerprint density at radius 2 is 2.13 bits per heavy atom. The second-order valence-corrected chi connectivity index (χ2v) is 5.97. The largest absolute Gasteiger partial charge is 0.465 e. The fourth-order valence-electron chi connectivity index (χ4n) is 2.26. The van der Waals surface area contributed by atoms with E-state index in [2.05, 4.69) is 10.3 Å². The molecular formula is C16H19N3O3S. The maximum absolute atomic E-state index is 11.4. The average molecular weight is 333 g/mol. The summed E-state index contributed by atoms with van der Waals surface area (Å²) in [7, 11) is 0. The highest BCUT2D eigenvalue weighted by molar-refractivity contribution is 7.09. The summed E-state index contributed by atoms with van der Waals surface area (Å²) in [6, 6.07) is 7.35. The molecule has 0 saturated heterocycles. The van der Waals surface area contributed by atoms with Crippen LogP contribution in [0.3, 0.4) is 0 Å². The van der Waals surface area contributed by atoms with Crippen molar-refractivity contribution in [3.05, 3.63) is 45.9 Å². The summed E-state index contributed by atoms with van der Waals surface area (Å²) in [5.41, 5.74) is 10.2. The van der Waals surface area contributed by atoms with Gasteiger partial charge in [0.25, 0.3) is 6.47 Å². The first-order chi connectivity index (χ1) is 11.1. The summed E-state index contributed by atoms with van der Waals surface area (Å²) in [5, 5.41) is 2.79. The Kier molecular flexibility index (Phi) is 6.10. The van der Waals surface area contributed by atoms with Crippen LogP contribution >= 0.6 is 11.3 Å². The van der Waals surface area contributed by atoms with E-state index < -0.39 is 0 Å². The van der Waals surface area contributed by atoms with Crippen LogP contribution in [0.4, 0.5) is 5.69 Å². The second kappa shape index (κ2) is 8.28. The number of carbonyl (C=O) groups is 2. The number of nitrogens with zero attached hydrogens (tertiary/aromatic N) is 1. The van der Waals surface area contributed by atoms with Gasteiger partial charge in [-0.3, -0.25) is 9.59 Å². The average Bonchev–Trinajstić information content (AvgIpc) is 2.99. The van der Waals surface area contributed by atoms with Gasteiger partial charge in [-0.2, -0.15) is 0 Å². The molecule has 1 unspecified atom stereocenters. The van der Waals surface area contributed by atoms with Crippen molar-refractivity contribution in [3.63, 3.8) is 0 Å². The Balaban J connectivity index is 2.07. The number of anilines is 1. The molecule has 1 aromatic carbocycles. The number of thiazole rings is 1. The van der Waals surface area contributed by atoms with Gasteiger partial charge in [0, 0.05) is 12.6 Å². The molecule has 0 fully saturated rings. The van der Waals surface area contributed by atoms with Gasteiger partial charge in [-0.05, 0) is 30.5 Å². The number of benzene rings is 1. The molecule has 0 aliphatic rings. The van der Waals surface area contributed by atoms with Gasteiger partial charge >= 0.3 is 0 Å². The third-order valence-electron chi connectivity index (χ3n) is 3.33. The smallest absolute Gasteiger partial charge is 0.293 e. The molecule has 3 N–H and O–H groups in total. The number of hydrogen-bond donors (Lipinski definition) is 2. The summed E-state index contributed by atoms with van der Waals surface area (Å²) in [6.07, 6.45) is 1.55. The highest BCUT2D eigenvalue weighted by Crippen LogP contribution is 2.24. The van der Waals surface area contributed by atoms with Crippen LogP contribution in [0.15, 0.2) is 29.8 Å². The molecule has 0 aliphatic carbocycles. The second-order valence-electron chi connectivity index (χ2n) is 5.09. The van der Waals surface area contributed by atoms with Gasteiger partial charge in [-0.1, -0.05) is 12.1 Å². The lowest BCUT2D eigenvalue weighted by Gasteiger charge is -2.16. The predicted molar refractivity (Wildman–Crippen MR) is 89.0 cm³/mol. The van der Waals surface area contributed by atoms with Crippen molar-refractivity contribution in [1.82, 2.24) is 10.3 Å². The third kappa shape index (κ3) is 5.07. The van der Waals surface area contributed by atoms with Crippen molar-refractivity contribution in [3.8, 4) is 0 Å². The highest BCUT2D eigenvalue weighted by atomic mass is 32.1. The summed E-state index contributed by atoms with van der Waals surface area (Å²) in [5.74, 6) is -0.178. The quantitative estimate of drug-likeness (QED) is 0.568. The van der Waals surface area contributed by atoms with Gasteiger partial charge in [0.1, 0.15) is 6.61 Å². The summed E-state index contributed by atoms with van der Waals surface area (Å²) >= 11 is 1.45. The van der Waals surface area contributed by atoms with E-state index in [9.17, 15) is 9.59 Å². The molecule has 0 bridgehead atoms. The normalized spacial score (nSPS) is 11.7. The van der Waals surface area contributed by atoms with E-state index in [0.717, 1.165) is 29.1 Å². The standard InChI is InChI=1S/C16H19N3O3S/c1-11(21)19-15(8-22-10-20)16-14(18-9-23-16)7-4-12-2-5-13(17)6-3-12/h2-3,5-6,9-10,15H,4,7-8,17H2,1H3,(H,19,21). The van der Waals surface area contributed by atoms with Crippen molar-refractivity contribution in [1.29, 1.82) is 0 Å². The molecule has 1 aromatic heterocycles. The van der Waals surface area contributed by atoms with E-state index in [1.54, 1.807) is 5.51 Å². The SMILES string of the molecule is CC(=O)NC(COC=O)c1scnc1CCc1ccc(N)cc1. The molecule has 1 heterocycles. The fraction of sp³-hybridized carbons (Fsp3) is 0.312. The molecule has 2 rings (SSSR count). The monoisotopic (exact) mass is 333 g/mol. The molecule has 23 heavy (non-hydrogen) atoms. The lowest BCUT2D eigenvalue weighted by atomic mass is 10.1.